The van der Waals surface area contributed by atoms with Crippen LogP contribution in [0.5, 0.6) is 5.75 Å². The molecule has 3 nitrogen and oxygen atoms in total. The molecule has 0 aliphatic heterocycles. The summed E-state index contributed by atoms with van der Waals surface area (Å²) < 4.78 is 5.56. The van der Waals surface area contributed by atoms with E-state index in [1.165, 1.54) is 0 Å². The summed E-state index contributed by atoms with van der Waals surface area (Å²) in [5, 5.41) is 9.24. The minimum absolute atomic E-state index is 0.351. The predicted octanol–water partition coefficient (Wildman–Crippen LogP) is 3.07. The summed E-state index contributed by atoms with van der Waals surface area (Å²) in [6.07, 6.45) is -0.520. The average molecular weight is 256 g/mol. The molecule has 0 aromatic heterocycles. The van der Waals surface area contributed by atoms with Crippen LogP contribution in [0.15, 0.2) is 54.6 Å². The van der Waals surface area contributed by atoms with Gasteiger partial charge in [-0.2, -0.15) is 0 Å². The van der Waals surface area contributed by atoms with Gasteiger partial charge in [0.25, 0.3) is 0 Å². The Labute approximate surface area is 112 Å². The van der Waals surface area contributed by atoms with E-state index in [9.17, 15) is 9.90 Å². The highest BCUT2D eigenvalue weighted by Crippen LogP contribution is 2.16. The van der Waals surface area contributed by atoms with Crippen LogP contribution in [-0.2, 0) is 11.2 Å². The van der Waals surface area contributed by atoms with Crippen LogP contribution in [0.1, 0.15) is 11.1 Å². The molecule has 1 atom stereocenters. The van der Waals surface area contributed by atoms with Crippen LogP contribution in [0.3, 0.4) is 0 Å². The SMILES string of the molecule is Cc1cccc(OC(Cc2ccccc2)C(=O)O)c1. The molecule has 2 aromatic rings. The number of rotatable bonds is 5. The zero-order chi connectivity index (χ0) is 13.7. The summed E-state index contributed by atoms with van der Waals surface area (Å²) in [7, 11) is 0. The third kappa shape index (κ3) is 3.85. The van der Waals surface area contributed by atoms with Gasteiger partial charge in [0.15, 0.2) is 6.10 Å². The molecule has 0 radical (unpaired) electrons. The number of hydrogen-bond acceptors (Lipinski definition) is 2. The third-order valence-electron chi connectivity index (χ3n) is 2.81. The molecular formula is C16H16O3. The number of aliphatic carboxylic acids is 1. The molecule has 0 fully saturated rings. The number of aryl methyl sites for hydroxylation is 1. The number of ether oxygens (including phenoxy) is 1. The van der Waals surface area contributed by atoms with E-state index in [0.717, 1.165) is 11.1 Å². The molecule has 0 spiro atoms. The van der Waals surface area contributed by atoms with Gasteiger partial charge in [0.1, 0.15) is 5.75 Å². The lowest BCUT2D eigenvalue weighted by atomic mass is 10.1. The van der Waals surface area contributed by atoms with E-state index in [0.29, 0.717) is 12.2 Å². The maximum Gasteiger partial charge on any atom is 0.345 e. The van der Waals surface area contributed by atoms with Gasteiger partial charge in [-0.05, 0) is 30.2 Å². The zero-order valence-corrected chi connectivity index (χ0v) is 10.7. The molecule has 98 valence electrons. The Bertz CT molecular complexity index is 549. The van der Waals surface area contributed by atoms with Crippen LogP contribution in [0.25, 0.3) is 0 Å². The summed E-state index contributed by atoms with van der Waals surface area (Å²) >= 11 is 0. The quantitative estimate of drug-likeness (QED) is 0.894. The van der Waals surface area contributed by atoms with Crippen LogP contribution in [0.2, 0.25) is 0 Å². The molecule has 0 saturated heterocycles. The van der Waals surface area contributed by atoms with Crippen LogP contribution in [0, 0.1) is 6.92 Å². The Morgan fingerprint density at radius 2 is 1.89 bits per heavy atom. The van der Waals surface area contributed by atoms with Gasteiger partial charge in [-0.3, -0.25) is 0 Å². The van der Waals surface area contributed by atoms with Crippen LogP contribution in [0.4, 0.5) is 0 Å². The van der Waals surface area contributed by atoms with E-state index in [2.05, 4.69) is 0 Å². The summed E-state index contributed by atoms with van der Waals surface area (Å²) in [5.74, 6) is -0.367. The second kappa shape index (κ2) is 6.05. The van der Waals surface area contributed by atoms with Crippen molar-refractivity contribution in [1.82, 2.24) is 0 Å². The normalized spacial score (nSPS) is 11.8. The topological polar surface area (TPSA) is 46.5 Å². The zero-order valence-electron chi connectivity index (χ0n) is 10.7. The highest BCUT2D eigenvalue weighted by Gasteiger charge is 2.19. The Morgan fingerprint density at radius 3 is 2.53 bits per heavy atom. The van der Waals surface area contributed by atoms with Crippen molar-refractivity contribution in [2.24, 2.45) is 0 Å². The average Bonchev–Trinajstić information content (AvgIpc) is 2.39. The van der Waals surface area contributed by atoms with E-state index in [4.69, 9.17) is 4.74 Å². The van der Waals surface area contributed by atoms with Crippen LogP contribution >= 0.6 is 0 Å². The van der Waals surface area contributed by atoms with E-state index < -0.39 is 12.1 Å². The lowest BCUT2D eigenvalue weighted by molar-refractivity contribution is -0.145. The van der Waals surface area contributed by atoms with Crippen molar-refractivity contribution in [3.05, 3.63) is 65.7 Å². The molecule has 1 unspecified atom stereocenters. The Hall–Kier alpha value is -2.29. The first-order valence-electron chi connectivity index (χ1n) is 6.15. The Balaban J connectivity index is 2.11. The summed E-state index contributed by atoms with van der Waals surface area (Å²) in [5.41, 5.74) is 1.99. The molecule has 0 heterocycles. The third-order valence-corrected chi connectivity index (χ3v) is 2.81. The molecular weight excluding hydrogens is 240 g/mol. The largest absolute Gasteiger partial charge is 0.478 e. The van der Waals surface area contributed by atoms with Crippen LogP contribution < -0.4 is 4.74 Å². The first-order chi connectivity index (χ1) is 9.15. The van der Waals surface area contributed by atoms with Crippen LogP contribution in [-0.4, -0.2) is 17.2 Å². The summed E-state index contributed by atoms with van der Waals surface area (Å²) in [6.45, 7) is 1.94. The molecule has 19 heavy (non-hydrogen) atoms. The van der Waals surface area contributed by atoms with E-state index >= 15 is 0 Å². The molecule has 2 rings (SSSR count). The van der Waals surface area contributed by atoms with Gasteiger partial charge < -0.3 is 9.84 Å². The molecule has 0 aliphatic carbocycles. The molecule has 3 heteroatoms. The van der Waals surface area contributed by atoms with Crippen molar-refractivity contribution in [3.8, 4) is 5.75 Å². The minimum atomic E-state index is -0.953. The maximum atomic E-state index is 11.3. The second-order valence-corrected chi connectivity index (χ2v) is 4.45. The van der Waals surface area contributed by atoms with Gasteiger partial charge in [-0.25, -0.2) is 4.79 Å². The van der Waals surface area contributed by atoms with Gasteiger partial charge in [-0.15, -0.1) is 0 Å². The standard InChI is InChI=1S/C16H16O3/c1-12-6-5-9-14(10-12)19-15(16(17)18)11-13-7-3-2-4-8-13/h2-10,15H,11H2,1H3,(H,17,18). The van der Waals surface area contributed by atoms with Crippen molar-refractivity contribution in [2.75, 3.05) is 0 Å². The minimum Gasteiger partial charge on any atom is -0.478 e. The van der Waals surface area contributed by atoms with E-state index in [1.54, 1.807) is 6.07 Å². The van der Waals surface area contributed by atoms with Crippen molar-refractivity contribution >= 4 is 5.97 Å². The monoisotopic (exact) mass is 256 g/mol. The highest BCUT2D eigenvalue weighted by atomic mass is 16.5. The van der Waals surface area contributed by atoms with E-state index in [1.807, 2.05) is 55.5 Å². The molecule has 0 bridgehead atoms. The molecule has 0 amide bonds. The molecule has 0 saturated carbocycles. The van der Waals surface area contributed by atoms with Crippen molar-refractivity contribution in [2.45, 2.75) is 19.4 Å². The van der Waals surface area contributed by atoms with Crippen molar-refractivity contribution in [3.63, 3.8) is 0 Å². The van der Waals surface area contributed by atoms with Gasteiger partial charge in [0, 0.05) is 6.42 Å². The number of hydrogen-bond donors (Lipinski definition) is 1. The molecule has 2 aromatic carbocycles. The summed E-state index contributed by atoms with van der Waals surface area (Å²) in [4.78, 5) is 11.3. The maximum absolute atomic E-state index is 11.3. The summed E-state index contributed by atoms with van der Waals surface area (Å²) in [6, 6.07) is 16.9. The number of carbonyl (C=O) groups is 1. The van der Waals surface area contributed by atoms with Crippen molar-refractivity contribution in [1.29, 1.82) is 0 Å². The Morgan fingerprint density at radius 1 is 1.16 bits per heavy atom. The fourth-order valence-electron chi connectivity index (χ4n) is 1.86. The highest BCUT2D eigenvalue weighted by molar-refractivity contribution is 5.73. The predicted molar refractivity (Wildman–Crippen MR) is 73.4 cm³/mol. The first-order valence-corrected chi connectivity index (χ1v) is 6.15. The lowest BCUT2D eigenvalue weighted by Crippen LogP contribution is -2.29. The first kappa shape index (κ1) is 13.1. The van der Waals surface area contributed by atoms with E-state index in [-0.39, 0.29) is 0 Å². The molecule has 0 aliphatic rings. The fraction of sp³-hybridized carbons (Fsp3) is 0.188. The number of carboxylic acid groups (broad SMARTS) is 1. The van der Waals surface area contributed by atoms with Gasteiger partial charge in [-0.1, -0.05) is 42.5 Å². The smallest absolute Gasteiger partial charge is 0.345 e. The number of carboxylic acids is 1. The van der Waals surface area contributed by atoms with Gasteiger partial charge in [0.2, 0.25) is 0 Å². The van der Waals surface area contributed by atoms with Gasteiger partial charge >= 0.3 is 5.97 Å². The number of benzene rings is 2. The van der Waals surface area contributed by atoms with Crippen molar-refractivity contribution < 1.29 is 14.6 Å². The fourth-order valence-corrected chi connectivity index (χ4v) is 1.86. The second-order valence-electron chi connectivity index (χ2n) is 4.45. The Kier molecular flexibility index (Phi) is 4.18. The molecule has 1 N–H and O–H groups in total. The lowest BCUT2D eigenvalue weighted by Gasteiger charge is -2.15. The van der Waals surface area contributed by atoms with Gasteiger partial charge in [0.05, 0.1) is 0 Å².